The molecule has 1 fully saturated rings. The maximum Gasteiger partial charge on any atom is 0.0909 e. The Hall–Kier alpha value is -0.940. The molecule has 0 amide bonds. The van der Waals surface area contributed by atoms with Gasteiger partial charge in [0.15, 0.2) is 0 Å². The first-order valence-corrected chi connectivity index (χ1v) is 7.53. The molecule has 2 unspecified atom stereocenters. The van der Waals surface area contributed by atoms with Crippen LogP contribution >= 0.6 is 0 Å². The second-order valence-corrected chi connectivity index (χ2v) is 5.71. The Labute approximate surface area is 122 Å². The van der Waals surface area contributed by atoms with Gasteiger partial charge in [-0.1, -0.05) is 30.7 Å². The summed E-state index contributed by atoms with van der Waals surface area (Å²) < 4.78 is 5.96. The summed E-state index contributed by atoms with van der Waals surface area (Å²) in [6, 6.07) is 6.55. The van der Waals surface area contributed by atoms with Crippen LogP contribution in [0.2, 0.25) is 0 Å². The molecule has 1 aliphatic rings. The minimum Gasteiger partial charge on any atom is -0.374 e. The molecule has 0 aromatic heterocycles. The van der Waals surface area contributed by atoms with Gasteiger partial charge in [-0.05, 0) is 37.9 Å². The lowest BCUT2D eigenvalue weighted by Crippen LogP contribution is -2.49. The minimum absolute atomic E-state index is 0.0512. The molecule has 112 valence electrons. The van der Waals surface area contributed by atoms with Crippen LogP contribution < -0.4 is 11.3 Å². The summed E-state index contributed by atoms with van der Waals surface area (Å²) in [6.45, 7) is 10.3. The van der Waals surface area contributed by atoms with Crippen LogP contribution in [0.4, 0.5) is 0 Å². The summed E-state index contributed by atoms with van der Waals surface area (Å²) in [7, 11) is 0. The fraction of sp³-hybridized carbons (Fsp3) is 0.625. The highest BCUT2D eigenvalue weighted by Gasteiger charge is 2.29. The number of rotatable bonds is 5. The Kier molecular flexibility index (Phi) is 5.54. The van der Waals surface area contributed by atoms with Crippen molar-refractivity contribution in [3.8, 4) is 0 Å². The van der Waals surface area contributed by atoms with Gasteiger partial charge in [0.1, 0.15) is 0 Å². The first-order valence-electron chi connectivity index (χ1n) is 7.53. The predicted octanol–water partition coefficient (Wildman–Crippen LogP) is 1.92. The number of benzene rings is 1. The SMILES string of the molecule is CCCN1CCOC(C(NN)c2ccc(C)cc2C)C1. The highest BCUT2D eigenvalue weighted by molar-refractivity contribution is 5.33. The van der Waals surface area contributed by atoms with Crippen LogP contribution in [0.25, 0.3) is 0 Å². The van der Waals surface area contributed by atoms with Gasteiger partial charge in [0.05, 0.1) is 18.8 Å². The first kappa shape index (κ1) is 15.4. The lowest BCUT2D eigenvalue weighted by Gasteiger charge is -2.37. The molecule has 0 aliphatic carbocycles. The van der Waals surface area contributed by atoms with E-state index in [4.69, 9.17) is 10.6 Å². The molecule has 1 aliphatic heterocycles. The van der Waals surface area contributed by atoms with Crippen LogP contribution in [-0.4, -0.2) is 37.2 Å². The van der Waals surface area contributed by atoms with Gasteiger partial charge >= 0.3 is 0 Å². The van der Waals surface area contributed by atoms with Crippen molar-refractivity contribution in [3.05, 3.63) is 34.9 Å². The maximum atomic E-state index is 5.96. The van der Waals surface area contributed by atoms with E-state index in [0.29, 0.717) is 0 Å². The van der Waals surface area contributed by atoms with Crippen molar-refractivity contribution in [2.24, 2.45) is 5.84 Å². The molecule has 1 aromatic rings. The molecule has 2 atom stereocenters. The monoisotopic (exact) mass is 277 g/mol. The number of nitrogens with two attached hydrogens (primary N) is 1. The third kappa shape index (κ3) is 3.58. The fourth-order valence-electron chi connectivity index (χ4n) is 3.02. The number of hydrogen-bond acceptors (Lipinski definition) is 4. The Morgan fingerprint density at radius 2 is 2.25 bits per heavy atom. The van der Waals surface area contributed by atoms with Gasteiger partial charge in [0.2, 0.25) is 0 Å². The zero-order valence-corrected chi connectivity index (χ0v) is 12.9. The minimum atomic E-state index is 0.0512. The Balaban J connectivity index is 2.14. The molecule has 0 bridgehead atoms. The van der Waals surface area contributed by atoms with Gasteiger partial charge in [-0.3, -0.25) is 16.2 Å². The van der Waals surface area contributed by atoms with Crippen LogP contribution in [0.1, 0.15) is 36.1 Å². The van der Waals surface area contributed by atoms with E-state index in [9.17, 15) is 0 Å². The molecule has 0 spiro atoms. The number of ether oxygens (including phenoxy) is 1. The number of hydrogen-bond donors (Lipinski definition) is 2. The van der Waals surface area contributed by atoms with Crippen molar-refractivity contribution < 1.29 is 4.74 Å². The highest BCUT2D eigenvalue weighted by atomic mass is 16.5. The third-order valence-electron chi connectivity index (χ3n) is 4.03. The number of hydrazine groups is 1. The van der Waals surface area contributed by atoms with E-state index >= 15 is 0 Å². The quantitative estimate of drug-likeness (QED) is 0.638. The van der Waals surface area contributed by atoms with Gasteiger partial charge in [-0.2, -0.15) is 0 Å². The fourth-order valence-corrected chi connectivity index (χ4v) is 3.02. The number of nitrogens with zero attached hydrogens (tertiary/aromatic N) is 1. The third-order valence-corrected chi connectivity index (χ3v) is 4.03. The standard InChI is InChI=1S/C16H27N3O/c1-4-7-19-8-9-20-15(11-19)16(18-17)14-6-5-12(2)10-13(14)3/h5-6,10,15-16,18H,4,7-9,11,17H2,1-3H3. The average Bonchev–Trinajstić information content (AvgIpc) is 2.43. The molecule has 2 rings (SSSR count). The van der Waals surface area contributed by atoms with Crippen molar-refractivity contribution in [3.63, 3.8) is 0 Å². The molecule has 20 heavy (non-hydrogen) atoms. The van der Waals surface area contributed by atoms with Crippen molar-refractivity contribution in [2.45, 2.75) is 39.3 Å². The van der Waals surface area contributed by atoms with Crippen LogP contribution in [-0.2, 0) is 4.74 Å². The Bertz CT molecular complexity index is 434. The molecule has 0 saturated carbocycles. The summed E-state index contributed by atoms with van der Waals surface area (Å²) in [5.74, 6) is 5.81. The smallest absolute Gasteiger partial charge is 0.0909 e. The van der Waals surface area contributed by atoms with E-state index in [1.165, 1.54) is 23.1 Å². The van der Waals surface area contributed by atoms with Crippen LogP contribution in [0.5, 0.6) is 0 Å². The molecule has 4 nitrogen and oxygen atoms in total. The van der Waals surface area contributed by atoms with Crippen LogP contribution in [0.15, 0.2) is 18.2 Å². The van der Waals surface area contributed by atoms with Crippen molar-refractivity contribution >= 4 is 0 Å². The van der Waals surface area contributed by atoms with Gasteiger partial charge < -0.3 is 4.74 Å². The largest absolute Gasteiger partial charge is 0.374 e. The van der Waals surface area contributed by atoms with Gasteiger partial charge in [0, 0.05) is 13.1 Å². The van der Waals surface area contributed by atoms with Crippen LogP contribution in [0, 0.1) is 13.8 Å². The second kappa shape index (κ2) is 7.18. The summed E-state index contributed by atoms with van der Waals surface area (Å²) >= 11 is 0. The van der Waals surface area contributed by atoms with Crippen LogP contribution in [0.3, 0.4) is 0 Å². The van der Waals surface area contributed by atoms with Crippen molar-refractivity contribution in [1.82, 2.24) is 10.3 Å². The molecule has 4 heteroatoms. The lowest BCUT2D eigenvalue weighted by atomic mass is 9.95. The zero-order chi connectivity index (χ0) is 14.5. The molecular formula is C16H27N3O. The molecular weight excluding hydrogens is 250 g/mol. The lowest BCUT2D eigenvalue weighted by molar-refractivity contribution is -0.0472. The number of aryl methyl sites for hydroxylation is 2. The van der Waals surface area contributed by atoms with Gasteiger partial charge in [-0.15, -0.1) is 0 Å². The number of nitrogens with one attached hydrogen (secondary N) is 1. The predicted molar refractivity (Wildman–Crippen MR) is 82.5 cm³/mol. The summed E-state index contributed by atoms with van der Waals surface area (Å²) in [6.07, 6.45) is 1.29. The average molecular weight is 277 g/mol. The molecule has 0 radical (unpaired) electrons. The molecule has 3 N–H and O–H groups in total. The van der Waals surface area contributed by atoms with Crippen molar-refractivity contribution in [2.75, 3.05) is 26.2 Å². The molecule has 1 aromatic carbocycles. The maximum absolute atomic E-state index is 5.96. The van der Waals surface area contributed by atoms with E-state index in [2.05, 4.69) is 49.3 Å². The Morgan fingerprint density at radius 1 is 1.45 bits per heavy atom. The molecule has 1 saturated heterocycles. The van der Waals surface area contributed by atoms with E-state index < -0.39 is 0 Å². The highest BCUT2D eigenvalue weighted by Crippen LogP contribution is 2.25. The summed E-state index contributed by atoms with van der Waals surface area (Å²) in [4.78, 5) is 2.46. The first-order chi connectivity index (χ1) is 9.65. The molecule has 1 heterocycles. The summed E-state index contributed by atoms with van der Waals surface area (Å²) in [5.41, 5.74) is 6.74. The van der Waals surface area contributed by atoms with Gasteiger partial charge in [0.25, 0.3) is 0 Å². The second-order valence-electron chi connectivity index (χ2n) is 5.71. The van der Waals surface area contributed by atoms with Gasteiger partial charge in [-0.25, -0.2) is 0 Å². The Morgan fingerprint density at radius 3 is 2.90 bits per heavy atom. The summed E-state index contributed by atoms with van der Waals surface area (Å²) in [5, 5.41) is 0. The zero-order valence-electron chi connectivity index (χ0n) is 12.9. The van der Waals surface area contributed by atoms with E-state index in [-0.39, 0.29) is 12.1 Å². The van der Waals surface area contributed by atoms with E-state index in [1.807, 2.05) is 0 Å². The normalized spacial score (nSPS) is 21.9. The topological polar surface area (TPSA) is 50.5 Å². The van der Waals surface area contributed by atoms with E-state index in [0.717, 1.165) is 26.2 Å². The number of morpholine rings is 1. The van der Waals surface area contributed by atoms with Crippen molar-refractivity contribution in [1.29, 1.82) is 0 Å². The van der Waals surface area contributed by atoms with E-state index in [1.54, 1.807) is 0 Å².